The van der Waals surface area contributed by atoms with Gasteiger partial charge in [0.2, 0.25) is 0 Å². The van der Waals surface area contributed by atoms with Crippen molar-refractivity contribution in [2.45, 2.75) is 18.9 Å². The van der Waals surface area contributed by atoms with Crippen LogP contribution < -0.4 is 5.32 Å². The van der Waals surface area contributed by atoms with Crippen LogP contribution >= 0.6 is 34.8 Å². The monoisotopic (exact) mass is 311 g/mol. The Bertz CT molecular complexity index is 625. The van der Waals surface area contributed by atoms with Crippen LogP contribution in [0.1, 0.15) is 11.1 Å². The van der Waals surface area contributed by atoms with Crippen LogP contribution in [0.5, 0.6) is 0 Å². The minimum absolute atomic E-state index is 0.337. The summed E-state index contributed by atoms with van der Waals surface area (Å²) in [6.07, 6.45) is 1.94. The Hall–Kier alpha value is -0.890. The van der Waals surface area contributed by atoms with Gasteiger partial charge < -0.3 is 5.32 Å². The number of benzene rings is 2. The van der Waals surface area contributed by atoms with Crippen LogP contribution in [0.3, 0.4) is 0 Å². The molecule has 2 aromatic carbocycles. The maximum Gasteiger partial charge on any atom is 0.0638 e. The van der Waals surface area contributed by atoms with E-state index >= 15 is 0 Å². The highest BCUT2D eigenvalue weighted by Gasteiger charge is 2.22. The lowest BCUT2D eigenvalue weighted by atomic mass is 10.1. The third-order valence-corrected chi connectivity index (χ3v) is 4.19. The van der Waals surface area contributed by atoms with E-state index in [4.69, 9.17) is 34.8 Å². The summed E-state index contributed by atoms with van der Waals surface area (Å²) in [5, 5.41) is 5.63. The van der Waals surface area contributed by atoms with E-state index < -0.39 is 0 Å². The molecule has 4 heteroatoms. The lowest BCUT2D eigenvalue weighted by molar-refractivity contribution is 0.774. The second kappa shape index (κ2) is 5.24. The van der Waals surface area contributed by atoms with Crippen molar-refractivity contribution in [1.82, 2.24) is 0 Å². The van der Waals surface area contributed by atoms with Crippen molar-refractivity contribution < 1.29 is 0 Å². The van der Waals surface area contributed by atoms with Gasteiger partial charge in [-0.1, -0.05) is 40.9 Å². The van der Waals surface area contributed by atoms with Crippen LogP contribution in [0.15, 0.2) is 36.4 Å². The van der Waals surface area contributed by atoms with Crippen molar-refractivity contribution in [2.75, 3.05) is 5.32 Å². The molecule has 0 spiro atoms. The zero-order valence-electron chi connectivity index (χ0n) is 10.1. The summed E-state index contributed by atoms with van der Waals surface area (Å²) in [7, 11) is 0. The number of hydrogen-bond acceptors (Lipinski definition) is 1. The van der Waals surface area contributed by atoms with E-state index in [1.54, 1.807) is 6.07 Å². The Kier molecular flexibility index (Phi) is 3.62. The third kappa shape index (κ3) is 2.84. The van der Waals surface area contributed by atoms with Crippen molar-refractivity contribution in [1.29, 1.82) is 0 Å². The van der Waals surface area contributed by atoms with Gasteiger partial charge in [-0.25, -0.2) is 0 Å². The van der Waals surface area contributed by atoms with Gasteiger partial charge in [0.05, 0.1) is 10.7 Å². The zero-order valence-corrected chi connectivity index (χ0v) is 12.4. The average Bonchev–Trinajstić information content (AvgIpc) is 2.75. The van der Waals surface area contributed by atoms with Gasteiger partial charge in [0.1, 0.15) is 0 Å². The Balaban J connectivity index is 1.78. The van der Waals surface area contributed by atoms with Gasteiger partial charge in [-0.3, -0.25) is 0 Å². The van der Waals surface area contributed by atoms with Gasteiger partial charge in [0, 0.05) is 16.1 Å². The fourth-order valence-corrected chi connectivity index (χ4v) is 3.06. The van der Waals surface area contributed by atoms with Gasteiger partial charge in [-0.05, 0) is 54.3 Å². The summed E-state index contributed by atoms with van der Waals surface area (Å²) in [6, 6.07) is 11.9. The summed E-state index contributed by atoms with van der Waals surface area (Å²) in [4.78, 5) is 0. The Morgan fingerprint density at radius 2 is 1.53 bits per heavy atom. The molecule has 0 fully saturated rings. The second-order valence-corrected chi connectivity index (χ2v) is 6.07. The number of nitrogens with one attached hydrogen (secondary N) is 1. The highest BCUT2D eigenvalue weighted by molar-refractivity contribution is 6.35. The molecule has 0 radical (unpaired) electrons. The molecule has 0 saturated heterocycles. The number of anilines is 1. The summed E-state index contributed by atoms with van der Waals surface area (Å²) in [5.41, 5.74) is 3.54. The van der Waals surface area contributed by atoms with Crippen LogP contribution in [0.4, 0.5) is 5.69 Å². The second-order valence-electron chi connectivity index (χ2n) is 4.79. The smallest absolute Gasteiger partial charge is 0.0638 e. The average molecular weight is 313 g/mol. The first kappa shape index (κ1) is 13.1. The first-order valence-corrected chi connectivity index (χ1v) is 7.24. The predicted octanol–water partition coefficient (Wildman–Crippen LogP) is 5.23. The summed E-state index contributed by atoms with van der Waals surface area (Å²) in [6.45, 7) is 0. The first-order chi connectivity index (χ1) is 9.11. The van der Waals surface area contributed by atoms with E-state index in [9.17, 15) is 0 Å². The van der Waals surface area contributed by atoms with E-state index in [2.05, 4.69) is 11.4 Å². The fourth-order valence-electron chi connectivity index (χ4n) is 2.52. The molecular formula is C15H12Cl3N. The molecule has 1 nitrogen and oxygen atoms in total. The molecule has 2 aromatic rings. The van der Waals surface area contributed by atoms with E-state index in [1.165, 1.54) is 11.1 Å². The number of rotatable bonds is 2. The van der Waals surface area contributed by atoms with Crippen molar-refractivity contribution in [3.05, 3.63) is 62.6 Å². The standard InChI is InChI=1S/C15H12Cl3N/c16-11-2-1-9-6-13(7-10(9)5-11)19-15-8-12(17)3-4-14(15)18/h1-5,8,13,19H,6-7H2. The van der Waals surface area contributed by atoms with Gasteiger partial charge >= 0.3 is 0 Å². The van der Waals surface area contributed by atoms with Crippen LogP contribution in [-0.4, -0.2) is 6.04 Å². The molecule has 1 unspecified atom stereocenters. The quantitative estimate of drug-likeness (QED) is 0.801. The summed E-state index contributed by atoms with van der Waals surface area (Å²) >= 11 is 18.2. The number of hydrogen-bond donors (Lipinski definition) is 1. The molecule has 0 bridgehead atoms. The van der Waals surface area contributed by atoms with E-state index in [0.717, 1.165) is 23.6 Å². The Labute approximate surface area is 127 Å². The van der Waals surface area contributed by atoms with Crippen molar-refractivity contribution in [3.63, 3.8) is 0 Å². The normalized spacial score (nSPS) is 17.3. The molecule has 1 N–H and O–H groups in total. The first-order valence-electron chi connectivity index (χ1n) is 6.11. The molecule has 1 aliphatic rings. The molecule has 3 rings (SSSR count). The summed E-state index contributed by atoms with van der Waals surface area (Å²) in [5.74, 6) is 0. The predicted molar refractivity (Wildman–Crippen MR) is 82.7 cm³/mol. The maximum atomic E-state index is 6.17. The third-order valence-electron chi connectivity index (χ3n) is 3.39. The molecule has 0 saturated carbocycles. The zero-order chi connectivity index (χ0) is 13.4. The number of fused-ring (bicyclic) bond motifs is 1. The van der Waals surface area contributed by atoms with Gasteiger partial charge in [-0.15, -0.1) is 0 Å². The van der Waals surface area contributed by atoms with Crippen LogP contribution in [0, 0.1) is 0 Å². The topological polar surface area (TPSA) is 12.0 Å². The minimum Gasteiger partial charge on any atom is -0.380 e. The van der Waals surface area contributed by atoms with Gasteiger partial charge in [0.25, 0.3) is 0 Å². The molecule has 19 heavy (non-hydrogen) atoms. The molecule has 0 heterocycles. The molecular weight excluding hydrogens is 301 g/mol. The lowest BCUT2D eigenvalue weighted by Gasteiger charge is -2.15. The summed E-state index contributed by atoms with van der Waals surface area (Å²) < 4.78 is 0. The highest BCUT2D eigenvalue weighted by atomic mass is 35.5. The minimum atomic E-state index is 0.337. The Morgan fingerprint density at radius 3 is 2.37 bits per heavy atom. The van der Waals surface area contributed by atoms with E-state index in [0.29, 0.717) is 16.1 Å². The van der Waals surface area contributed by atoms with Crippen LogP contribution in [0.25, 0.3) is 0 Å². The fraction of sp³-hybridized carbons (Fsp3) is 0.200. The van der Waals surface area contributed by atoms with Gasteiger partial charge in [-0.2, -0.15) is 0 Å². The molecule has 1 aliphatic carbocycles. The highest BCUT2D eigenvalue weighted by Crippen LogP contribution is 2.30. The molecule has 98 valence electrons. The van der Waals surface area contributed by atoms with Crippen molar-refractivity contribution >= 4 is 40.5 Å². The van der Waals surface area contributed by atoms with Crippen molar-refractivity contribution in [3.8, 4) is 0 Å². The van der Waals surface area contributed by atoms with Crippen molar-refractivity contribution in [2.24, 2.45) is 0 Å². The van der Waals surface area contributed by atoms with E-state index in [-0.39, 0.29) is 0 Å². The van der Waals surface area contributed by atoms with Gasteiger partial charge in [0.15, 0.2) is 0 Å². The lowest BCUT2D eigenvalue weighted by Crippen LogP contribution is -2.19. The Morgan fingerprint density at radius 1 is 0.842 bits per heavy atom. The molecule has 0 aromatic heterocycles. The largest absolute Gasteiger partial charge is 0.380 e. The molecule has 0 aliphatic heterocycles. The molecule has 0 amide bonds. The molecule has 1 atom stereocenters. The maximum absolute atomic E-state index is 6.17. The number of halogens is 3. The van der Waals surface area contributed by atoms with E-state index in [1.807, 2.05) is 24.3 Å². The van der Waals surface area contributed by atoms with Crippen LogP contribution in [0.2, 0.25) is 15.1 Å². The van der Waals surface area contributed by atoms with Crippen LogP contribution in [-0.2, 0) is 12.8 Å². The SMILES string of the molecule is Clc1ccc2c(c1)CC(Nc1cc(Cl)ccc1Cl)C2.